The molecule has 4 rings (SSSR count). The van der Waals surface area contributed by atoms with Gasteiger partial charge >= 0.3 is 0 Å². The van der Waals surface area contributed by atoms with Crippen LogP contribution in [-0.4, -0.2) is 33.6 Å². The van der Waals surface area contributed by atoms with Crippen LogP contribution in [0.2, 0.25) is 0 Å². The number of para-hydroxylation sites is 1. The second kappa shape index (κ2) is 6.98. The number of rotatable bonds is 3. The lowest BCUT2D eigenvalue weighted by Gasteiger charge is -2.48. The number of likely N-dealkylation sites (N-methyl/N-ethyl adjacent to an activating group) is 1. The molecular weight excluding hydrogens is 376 g/mol. The highest BCUT2D eigenvalue weighted by molar-refractivity contribution is 5.60. The van der Waals surface area contributed by atoms with Gasteiger partial charge in [-0.3, -0.25) is 4.68 Å². The van der Waals surface area contributed by atoms with Gasteiger partial charge in [-0.1, -0.05) is 18.2 Å². The summed E-state index contributed by atoms with van der Waals surface area (Å²) in [4.78, 5) is 0. The standard InChI is InChI=1S/C24H27N4O2/c1-16-13-21(26-27(16)4)28(5,18-9-7-6-8-10-18)22-19-14-17(15-25)11-12-20(19)30-24(2,3)23(22)29/h6-14,22-23,29H,1-5H3/q+1/t22-,23+,28?/m0/s1. The van der Waals surface area contributed by atoms with E-state index in [2.05, 4.69) is 19.2 Å². The van der Waals surface area contributed by atoms with E-state index < -0.39 is 17.7 Å². The number of benzene rings is 2. The van der Waals surface area contributed by atoms with Crippen LogP contribution in [0.4, 0.5) is 11.5 Å². The van der Waals surface area contributed by atoms with Gasteiger partial charge in [-0.15, -0.1) is 5.10 Å². The van der Waals surface area contributed by atoms with Crippen molar-refractivity contribution in [1.29, 1.82) is 5.26 Å². The van der Waals surface area contributed by atoms with Crippen LogP contribution in [-0.2, 0) is 7.05 Å². The fourth-order valence-electron chi connectivity index (χ4n) is 4.34. The van der Waals surface area contributed by atoms with Crippen molar-refractivity contribution >= 4 is 11.5 Å². The first-order valence-electron chi connectivity index (χ1n) is 10.0. The number of hydrogen-bond donors (Lipinski definition) is 1. The third-order valence-electron chi connectivity index (χ3n) is 6.27. The van der Waals surface area contributed by atoms with Gasteiger partial charge in [-0.05, 0) is 51.1 Å². The molecule has 0 saturated heterocycles. The molecule has 0 radical (unpaired) electrons. The zero-order valence-electron chi connectivity index (χ0n) is 18.0. The largest absolute Gasteiger partial charge is 0.484 e. The van der Waals surface area contributed by atoms with E-state index in [-0.39, 0.29) is 4.48 Å². The van der Waals surface area contributed by atoms with Gasteiger partial charge in [0.1, 0.15) is 23.1 Å². The Hall–Kier alpha value is -3.14. The zero-order valence-corrected chi connectivity index (χ0v) is 18.0. The number of nitrogens with zero attached hydrogens (tertiary/aromatic N) is 4. The molecule has 0 amide bonds. The Bertz CT molecular complexity index is 1110. The minimum atomic E-state index is -0.841. The molecule has 1 N–H and O–H groups in total. The number of nitriles is 1. The minimum absolute atomic E-state index is 0.248. The molecule has 1 unspecified atom stereocenters. The highest BCUT2D eigenvalue weighted by Gasteiger charge is 2.54. The van der Waals surface area contributed by atoms with E-state index in [0.29, 0.717) is 11.3 Å². The molecule has 2 aromatic carbocycles. The maximum Gasteiger partial charge on any atom is 0.252 e. The predicted molar refractivity (Wildman–Crippen MR) is 116 cm³/mol. The number of aliphatic hydroxyl groups excluding tert-OH is 1. The molecule has 6 heteroatoms. The molecule has 3 atom stereocenters. The number of hydrogen-bond acceptors (Lipinski definition) is 4. The topological polar surface area (TPSA) is 71.1 Å². The molecular formula is C24H27N4O2+. The molecule has 6 nitrogen and oxygen atoms in total. The monoisotopic (exact) mass is 403 g/mol. The molecule has 1 aliphatic heterocycles. The Kier molecular flexibility index (Phi) is 4.69. The van der Waals surface area contributed by atoms with Gasteiger partial charge < -0.3 is 9.84 Å². The average Bonchev–Trinajstić information content (AvgIpc) is 3.07. The summed E-state index contributed by atoms with van der Waals surface area (Å²) in [6, 6.07) is 19.3. The van der Waals surface area contributed by atoms with Crippen LogP contribution in [0.3, 0.4) is 0 Å². The van der Waals surface area contributed by atoms with Gasteiger partial charge in [0.2, 0.25) is 0 Å². The number of ether oxygens (including phenoxy) is 1. The zero-order chi connectivity index (χ0) is 21.7. The van der Waals surface area contributed by atoms with Crippen molar-refractivity contribution in [3.8, 4) is 11.8 Å². The molecule has 2 heterocycles. The van der Waals surface area contributed by atoms with E-state index in [0.717, 1.165) is 22.8 Å². The first kappa shape index (κ1) is 20.1. The molecule has 30 heavy (non-hydrogen) atoms. The second-order valence-corrected chi connectivity index (χ2v) is 8.64. The molecule has 1 aromatic heterocycles. The van der Waals surface area contributed by atoms with Crippen molar-refractivity contribution in [2.24, 2.45) is 7.05 Å². The third-order valence-corrected chi connectivity index (χ3v) is 6.27. The number of quaternary nitrogens is 1. The van der Waals surface area contributed by atoms with Crippen molar-refractivity contribution in [3.05, 3.63) is 71.4 Å². The molecule has 0 bridgehead atoms. The van der Waals surface area contributed by atoms with Crippen molar-refractivity contribution in [2.75, 3.05) is 7.05 Å². The maximum atomic E-state index is 11.6. The van der Waals surface area contributed by atoms with E-state index >= 15 is 0 Å². The highest BCUT2D eigenvalue weighted by atomic mass is 16.5. The fourth-order valence-corrected chi connectivity index (χ4v) is 4.34. The molecule has 3 aromatic rings. The SMILES string of the molecule is Cc1cc([N+](C)(c2ccccc2)[C@H]2c3cc(C#N)ccc3OC(C)(C)[C@@H]2O)nn1C. The molecule has 0 saturated carbocycles. The Balaban J connectivity index is 2.05. The van der Waals surface area contributed by atoms with Crippen molar-refractivity contribution in [3.63, 3.8) is 0 Å². The lowest BCUT2D eigenvalue weighted by molar-refractivity contribution is -0.0797. The first-order chi connectivity index (χ1) is 14.2. The highest BCUT2D eigenvalue weighted by Crippen LogP contribution is 2.51. The first-order valence-corrected chi connectivity index (χ1v) is 10.0. The normalized spacial score (nSPS) is 21.8. The lowest BCUT2D eigenvalue weighted by Crippen LogP contribution is -2.59. The van der Waals surface area contributed by atoms with Crippen LogP contribution in [0.1, 0.15) is 36.7 Å². The van der Waals surface area contributed by atoms with Crippen molar-refractivity contribution in [1.82, 2.24) is 14.3 Å². The second-order valence-electron chi connectivity index (χ2n) is 8.64. The van der Waals surface area contributed by atoms with E-state index in [1.807, 2.05) is 75.0 Å². The molecule has 0 spiro atoms. The molecule has 0 aliphatic carbocycles. The van der Waals surface area contributed by atoms with Gasteiger partial charge in [0.25, 0.3) is 5.82 Å². The Morgan fingerprint density at radius 2 is 1.87 bits per heavy atom. The van der Waals surface area contributed by atoms with Gasteiger partial charge in [-0.2, -0.15) is 5.26 Å². The fraction of sp³-hybridized carbons (Fsp3) is 0.333. The van der Waals surface area contributed by atoms with Gasteiger partial charge in [0.15, 0.2) is 6.04 Å². The molecule has 1 aliphatic rings. The summed E-state index contributed by atoms with van der Waals surface area (Å²) < 4.78 is 8.26. The van der Waals surface area contributed by atoms with E-state index in [1.54, 1.807) is 6.07 Å². The average molecular weight is 404 g/mol. The smallest absolute Gasteiger partial charge is 0.252 e. The summed E-state index contributed by atoms with van der Waals surface area (Å²) in [5, 5.41) is 25.9. The molecule has 154 valence electrons. The van der Waals surface area contributed by atoms with Crippen LogP contribution in [0.5, 0.6) is 5.75 Å². The van der Waals surface area contributed by atoms with Crippen molar-refractivity contribution in [2.45, 2.75) is 38.5 Å². The summed E-state index contributed by atoms with van der Waals surface area (Å²) in [7, 11) is 3.98. The lowest BCUT2D eigenvalue weighted by atomic mass is 9.83. The van der Waals surface area contributed by atoms with Crippen LogP contribution in [0.25, 0.3) is 0 Å². The quantitative estimate of drug-likeness (QED) is 0.667. The van der Waals surface area contributed by atoms with Crippen LogP contribution >= 0.6 is 0 Å². The van der Waals surface area contributed by atoms with Gasteiger partial charge in [-0.25, -0.2) is 4.48 Å². The number of aliphatic hydroxyl groups is 1. The summed E-state index contributed by atoms with van der Waals surface area (Å²) in [5.41, 5.74) is 2.54. The minimum Gasteiger partial charge on any atom is -0.484 e. The molecule has 0 fully saturated rings. The van der Waals surface area contributed by atoms with Crippen molar-refractivity contribution < 1.29 is 9.84 Å². The Morgan fingerprint density at radius 3 is 2.47 bits per heavy atom. The Morgan fingerprint density at radius 1 is 1.17 bits per heavy atom. The predicted octanol–water partition coefficient (Wildman–Crippen LogP) is 4.14. The Labute approximate surface area is 177 Å². The van der Waals surface area contributed by atoms with E-state index in [4.69, 9.17) is 9.84 Å². The van der Waals surface area contributed by atoms with Crippen LogP contribution in [0.15, 0.2) is 54.6 Å². The number of fused-ring (bicyclic) bond motifs is 1. The van der Waals surface area contributed by atoms with Gasteiger partial charge in [0.05, 0.1) is 24.2 Å². The summed E-state index contributed by atoms with van der Waals surface area (Å²) in [6.45, 7) is 5.80. The van der Waals surface area contributed by atoms with E-state index in [1.165, 1.54) is 0 Å². The van der Waals surface area contributed by atoms with E-state index in [9.17, 15) is 10.4 Å². The summed E-state index contributed by atoms with van der Waals surface area (Å²) in [5.74, 6) is 1.50. The summed E-state index contributed by atoms with van der Waals surface area (Å²) in [6.07, 6.45) is -0.841. The summed E-state index contributed by atoms with van der Waals surface area (Å²) >= 11 is 0. The third kappa shape index (κ3) is 2.98. The number of aryl methyl sites for hydroxylation is 2. The number of aromatic nitrogens is 2. The van der Waals surface area contributed by atoms with Crippen LogP contribution in [0, 0.1) is 18.3 Å². The van der Waals surface area contributed by atoms with Crippen LogP contribution < -0.4 is 9.22 Å². The van der Waals surface area contributed by atoms with Gasteiger partial charge in [0, 0.05) is 18.8 Å². The maximum absolute atomic E-state index is 11.6.